The first kappa shape index (κ1) is 15.6. The first-order valence-electron chi connectivity index (χ1n) is 10.2. The number of hydrogen-bond acceptors (Lipinski definition) is 3. The van der Waals surface area contributed by atoms with Gasteiger partial charge in [0.25, 0.3) is 5.91 Å². The van der Waals surface area contributed by atoms with Gasteiger partial charge in [-0.15, -0.1) is 11.3 Å². The fourth-order valence-electron chi connectivity index (χ4n) is 5.64. The van der Waals surface area contributed by atoms with Gasteiger partial charge in [0.2, 0.25) is 0 Å². The highest BCUT2D eigenvalue weighted by Gasteiger charge is 2.60. The molecular weight excluding hydrogens is 340 g/mol. The highest BCUT2D eigenvalue weighted by atomic mass is 32.1. The second-order valence-electron chi connectivity index (χ2n) is 9.27. The summed E-state index contributed by atoms with van der Waals surface area (Å²) in [5.74, 6) is 0.838. The summed E-state index contributed by atoms with van der Waals surface area (Å²) in [7, 11) is 0. The highest BCUT2D eigenvalue weighted by Crippen LogP contribution is 2.54. The predicted octanol–water partition coefficient (Wildman–Crippen LogP) is 4.31. The van der Waals surface area contributed by atoms with Gasteiger partial charge in [-0.3, -0.25) is 9.69 Å². The van der Waals surface area contributed by atoms with Gasteiger partial charge in [-0.25, -0.2) is 0 Å². The molecule has 7 rings (SSSR count). The van der Waals surface area contributed by atoms with Crippen molar-refractivity contribution in [2.24, 2.45) is 5.92 Å². The average molecular weight is 367 g/mol. The normalized spacial score (nSPS) is 32.7. The van der Waals surface area contributed by atoms with Crippen LogP contribution in [0, 0.1) is 5.92 Å². The van der Waals surface area contributed by atoms with E-state index >= 15 is 0 Å². The number of nitrogens with zero attached hydrogens (tertiary/aromatic N) is 1. The predicted molar refractivity (Wildman–Crippen MR) is 106 cm³/mol. The van der Waals surface area contributed by atoms with Crippen LogP contribution in [-0.4, -0.2) is 35.5 Å². The summed E-state index contributed by atoms with van der Waals surface area (Å²) < 4.78 is 1.33. The number of benzene rings is 1. The van der Waals surface area contributed by atoms with Crippen molar-refractivity contribution in [3.8, 4) is 0 Å². The Labute approximate surface area is 158 Å². The molecule has 1 unspecified atom stereocenters. The molecular formula is C22H26N2OS. The van der Waals surface area contributed by atoms with Gasteiger partial charge in [-0.05, 0) is 80.0 Å². The van der Waals surface area contributed by atoms with E-state index in [0.717, 1.165) is 4.88 Å². The Hall–Kier alpha value is -1.39. The van der Waals surface area contributed by atoms with Gasteiger partial charge in [-0.1, -0.05) is 25.1 Å². The minimum Gasteiger partial charge on any atom is -0.346 e. The Kier molecular flexibility index (Phi) is 3.07. The van der Waals surface area contributed by atoms with Crippen LogP contribution in [0.2, 0.25) is 0 Å². The van der Waals surface area contributed by atoms with Crippen LogP contribution in [0.4, 0.5) is 0 Å². The van der Waals surface area contributed by atoms with Crippen molar-refractivity contribution < 1.29 is 4.79 Å². The topological polar surface area (TPSA) is 32.3 Å². The standard InChI is InChI=1S/C22H26N2OS/c1-21(7-8-21)16-4-2-3-15-13-17(26-18(15)16)20(25)23-19-14-5-11-24(12-6-14)22(19)9-10-22/h2-4,13-14,19H,5-12H2,1H3,(H,23,25). The fraction of sp³-hybridized carbons (Fsp3) is 0.591. The van der Waals surface area contributed by atoms with Crippen molar-refractivity contribution in [2.75, 3.05) is 13.1 Å². The average Bonchev–Trinajstić information content (AvgIpc) is 3.56. The second kappa shape index (κ2) is 5.11. The summed E-state index contributed by atoms with van der Waals surface area (Å²) in [5, 5.41) is 4.72. The third kappa shape index (κ3) is 2.12. The van der Waals surface area contributed by atoms with E-state index in [1.165, 1.54) is 67.3 Å². The van der Waals surface area contributed by atoms with Crippen LogP contribution in [0.25, 0.3) is 10.1 Å². The molecule has 1 amide bonds. The lowest BCUT2D eigenvalue weighted by Crippen LogP contribution is -2.65. The monoisotopic (exact) mass is 366 g/mol. The maximum Gasteiger partial charge on any atom is 0.261 e. The maximum absolute atomic E-state index is 13.1. The maximum atomic E-state index is 13.1. The van der Waals surface area contributed by atoms with Crippen molar-refractivity contribution in [3.63, 3.8) is 0 Å². The molecule has 5 aliphatic rings. The van der Waals surface area contributed by atoms with Crippen molar-refractivity contribution in [2.45, 2.75) is 62.4 Å². The molecule has 1 N–H and O–H groups in total. The van der Waals surface area contributed by atoms with Crippen LogP contribution >= 0.6 is 11.3 Å². The number of amides is 1. The van der Waals surface area contributed by atoms with E-state index in [2.05, 4.69) is 41.4 Å². The minimum atomic E-state index is 0.156. The van der Waals surface area contributed by atoms with Gasteiger partial charge in [-0.2, -0.15) is 0 Å². The summed E-state index contributed by atoms with van der Waals surface area (Å²) >= 11 is 1.70. The van der Waals surface area contributed by atoms with Crippen LogP contribution in [0.1, 0.15) is 60.7 Å². The van der Waals surface area contributed by atoms with Crippen molar-refractivity contribution in [1.29, 1.82) is 0 Å². The molecule has 1 aromatic carbocycles. The highest BCUT2D eigenvalue weighted by molar-refractivity contribution is 7.21. The van der Waals surface area contributed by atoms with Crippen LogP contribution in [0.3, 0.4) is 0 Å². The lowest BCUT2D eigenvalue weighted by Gasteiger charge is -2.52. The molecule has 1 spiro atoms. The molecule has 1 atom stereocenters. The number of hydrogen-bond donors (Lipinski definition) is 1. The van der Waals surface area contributed by atoms with Crippen LogP contribution in [0.5, 0.6) is 0 Å². The Morgan fingerprint density at radius 3 is 2.65 bits per heavy atom. The number of nitrogens with one attached hydrogen (secondary N) is 1. The molecule has 3 aliphatic heterocycles. The molecule has 26 heavy (non-hydrogen) atoms. The molecule has 4 heteroatoms. The molecule has 2 saturated carbocycles. The van der Waals surface area contributed by atoms with Crippen LogP contribution < -0.4 is 5.32 Å². The summed E-state index contributed by atoms with van der Waals surface area (Å²) in [6.45, 7) is 4.83. The third-order valence-corrected chi connectivity index (χ3v) is 8.87. The number of thiophene rings is 1. The van der Waals surface area contributed by atoms with Gasteiger partial charge in [0, 0.05) is 10.2 Å². The van der Waals surface area contributed by atoms with Gasteiger partial charge >= 0.3 is 0 Å². The molecule has 3 nitrogen and oxygen atoms in total. The van der Waals surface area contributed by atoms with Gasteiger partial charge in [0.1, 0.15) is 0 Å². The number of piperidine rings is 3. The largest absolute Gasteiger partial charge is 0.346 e. The van der Waals surface area contributed by atoms with Gasteiger partial charge in [0.05, 0.1) is 10.9 Å². The fourth-order valence-corrected chi connectivity index (χ4v) is 6.87. The molecule has 4 heterocycles. The zero-order valence-electron chi connectivity index (χ0n) is 15.4. The number of carbonyl (C=O) groups is 1. The van der Waals surface area contributed by atoms with Gasteiger partial charge in [0.15, 0.2) is 0 Å². The van der Waals surface area contributed by atoms with Crippen molar-refractivity contribution in [1.82, 2.24) is 10.2 Å². The zero-order valence-corrected chi connectivity index (χ0v) is 16.2. The lowest BCUT2D eigenvalue weighted by atomic mass is 9.77. The van der Waals surface area contributed by atoms with E-state index in [9.17, 15) is 4.79 Å². The summed E-state index contributed by atoms with van der Waals surface area (Å²) in [6, 6.07) is 9.06. The van der Waals surface area contributed by atoms with E-state index in [1.54, 1.807) is 11.3 Å². The summed E-state index contributed by atoms with van der Waals surface area (Å²) in [6.07, 6.45) is 7.58. The Morgan fingerprint density at radius 2 is 1.96 bits per heavy atom. The molecule has 5 fully saturated rings. The molecule has 3 saturated heterocycles. The SMILES string of the molecule is CC1(c2cccc3cc(C(=O)NC4C5CCN(CC5)C45CC5)sc23)CC1. The molecule has 2 aromatic rings. The van der Waals surface area contributed by atoms with Crippen LogP contribution in [-0.2, 0) is 5.41 Å². The molecule has 136 valence electrons. The first-order chi connectivity index (χ1) is 12.6. The zero-order chi connectivity index (χ0) is 17.5. The summed E-state index contributed by atoms with van der Waals surface area (Å²) in [5.41, 5.74) is 2.09. The Morgan fingerprint density at radius 1 is 1.19 bits per heavy atom. The Balaban J connectivity index is 1.31. The molecule has 2 aliphatic carbocycles. The van der Waals surface area contributed by atoms with E-state index in [1.807, 2.05) is 0 Å². The number of rotatable bonds is 3. The number of carbonyl (C=O) groups excluding carboxylic acids is 1. The lowest BCUT2D eigenvalue weighted by molar-refractivity contribution is -0.00138. The van der Waals surface area contributed by atoms with Crippen LogP contribution in [0.15, 0.2) is 24.3 Å². The van der Waals surface area contributed by atoms with E-state index in [-0.39, 0.29) is 5.91 Å². The molecule has 1 aromatic heterocycles. The van der Waals surface area contributed by atoms with E-state index in [4.69, 9.17) is 0 Å². The van der Waals surface area contributed by atoms with E-state index < -0.39 is 0 Å². The first-order valence-corrected chi connectivity index (χ1v) is 11.0. The smallest absolute Gasteiger partial charge is 0.261 e. The third-order valence-electron chi connectivity index (χ3n) is 7.69. The minimum absolute atomic E-state index is 0.156. The summed E-state index contributed by atoms with van der Waals surface area (Å²) in [4.78, 5) is 16.7. The van der Waals surface area contributed by atoms with Gasteiger partial charge < -0.3 is 5.32 Å². The second-order valence-corrected chi connectivity index (χ2v) is 10.3. The van der Waals surface area contributed by atoms with E-state index in [0.29, 0.717) is 22.9 Å². The van der Waals surface area contributed by atoms with Crippen molar-refractivity contribution in [3.05, 3.63) is 34.7 Å². The number of fused-ring (bicyclic) bond motifs is 3. The molecule has 2 bridgehead atoms. The molecule has 0 radical (unpaired) electrons. The van der Waals surface area contributed by atoms with Crippen molar-refractivity contribution >= 4 is 27.3 Å². The quantitative estimate of drug-likeness (QED) is 0.878. The Bertz CT molecular complexity index is 900.